The normalized spacial score (nSPS) is 12.0. The third-order valence-corrected chi connectivity index (χ3v) is 3.60. The topological polar surface area (TPSA) is 63.3 Å². The maximum absolute atomic E-state index is 10.8. The van der Waals surface area contributed by atoms with Gasteiger partial charge >= 0.3 is 5.97 Å². The van der Waals surface area contributed by atoms with Gasteiger partial charge in [-0.15, -0.1) is 0 Å². The molecular weight excluding hydrogens is 238 g/mol. The van der Waals surface area contributed by atoms with Gasteiger partial charge in [0.1, 0.15) is 0 Å². The molecule has 0 saturated heterocycles. The lowest BCUT2D eigenvalue weighted by atomic mass is 9.95. The summed E-state index contributed by atoms with van der Waals surface area (Å²) in [5.41, 5.74) is 12.6. The lowest BCUT2D eigenvalue weighted by Gasteiger charge is -2.10. The Morgan fingerprint density at radius 2 is 2.00 bits per heavy atom. The van der Waals surface area contributed by atoms with Crippen LogP contribution in [0.25, 0.3) is 11.1 Å². The van der Waals surface area contributed by atoms with Gasteiger partial charge in [-0.25, -0.2) is 0 Å². The number of benzene rings is 2. The Hall–Kier alpha value is -2.29. The highest BCUT2D eigenvalue weighted by Gasteiger charge is 2.21. The molecule has 0 radical (unpaired) electrons. The third-order valence-electron chi connectivity index (χ3n) is 3.60. The number of nitrogens with two attached hydrogens (primary N) is 1. The highest BCUT2D eigenvalue weighted by molar-refractivity contribution is 5.81. The van der Waals surface area contributed by atoms with Crippen LogP contribution in [-0.4, -0.2) is 11.1 Å². The first-order valence-electron chi connectivity index (χ1n) is 6.36. The van der Waals surface area contributed by atoms with Crippen LogP contribution in [0.1, 0.15) is 23.1 Å². The Balaban J connectivity index is 2.10. The number of aryl methyl sites for hydroxylation is 1. The molecule has 96 valence electrons. The van der Waals surface area contributed by atoms with Gasteiger partial charge in [-0.1, -0.05) is 24.3 Å². The highest BCUT2D eigenvalue weighted by atomic mass is 16.4. The molecule has 0 aromatic heterocycles. The molecule has 0 saturated carbocycles. The number of aliphatic carboxylic acids is 1. The van der Waals surface area contributed by atoms with E-state index < -0.39 is 5.97 Å². The minimum Gasteiger partial charge on any atom is -0.481 e. The number of hydrogen-bond donors (Lipinski definition) is 2. The molecular formula is C16H15NO2. The smallest absolute Gasteiger partial charge is 0.303 e. The first kappa shape index (κ1) is 11.8. The van der Waals surface area contributed by atoms with Gasteiger partial charge < -0.3 is 10.8 Å². The number of nitrogen functional groups attached to an aromatic ring is 1. The molecule has 0 unspecified atom stereocenters. The Labute approximate surface area is 111 Å². The number of carboxylic acids is 1. The summed E-state index contributed by atoms with van der Waals surface area (Å²) in [5, 5.41) is 8.86. The van der Waals surface area contributed by atoms with Crippen molar-refractivity contribution in [3.63, 3.8) is 0 Å². The number of hydrogen-bond acceptors (Lipinski definition) is 2. The van der Waals surface area contributed by atoms with Crippen LogP contribution in [-0.2, 0) is 17.6 Å². The van der Waals surface area contributed by atoms with Crippen LogP contribution in [0, 0.1) is 0 Å². The Bertz CT molecular complexity index is 662. The van der Waals surface area contributed by atoms with E-state index in [1.807, 2.05) is 24.3 Å². The van der Waals surface area contributed by atoms with Crippen molar-refractivity contribution in [1.82, 2.24) is 0 Å². The van der Waals surface area contributed by atoms with Crippen LogP contribution in [0.15, 0.2) is 36.4 Å². The molecule has 3 heteroatoms. The first-order chi connectivity index (χ1) is 9.15. The molecule has 1 aliphatic rings. The largest absolute Gasteiger partial charge is 0.481 e. The van der Waals surface area contributed by atoms with Crippen LogP contribution in [0.3, 0.4) is 0 Å². The Morgan fingerprint density at radius 3 is 2.79 bits per heavy atom. The third kappa shape index (κ3) is 2.08. The second-order valence-corrected chi connectivity index (χ2v) is 4.94. The number of carboxylic acid groups (broad SMARTS) is 1. The van der Waals surface area contributed by atoms with Crippen molar-refractivity contribution in [2.45, 2.75) is 19.3 Å². The number of carbonyl (C=O) groups is 1. The SMILES string of the molecule is Nc1cc(CCC(=O)O)c2c(c1)Cc1ccccc1-2. The summed E-state index contributed by atoms with van der Waals surface area (Å²) in [4.78, 5) is 10.8. The predicted molar refractivity (Wildman–Crippen MR) is 75.1 cm³/mol. The molecule has 1 aliphatic carbocycles. The molecule has 0 fully saturated rings. The molecule has 2 aromatic carbocycles. The van der Waals surface area contributed by atoms with Gasteiger partial charge in [0, 0.05) is 12.1 Å². The molecule has 3 rings (SSSR count). The molecule has 3 N–H and O–H groups in total. The summed E-state index contributed by atoms with van der Waals surface area (Å²) in [6.07, 6.45) is 1.55. The maximum Gasteiger partial charge on any atom is 0.303 e. The van der Waals surface area contributed by atoms with E-state index in [1.165, 1.54) is 22.3 Å². The summed E-state index contributed by atoms with van der Waals surface area (Å²) in [6, 6.07) is 12.2. The van der Waals surface area contributed by atoms with Gasteiger partial charge in [0.05, 0.1) is 0 Å². The van der Waals surface area contributed by atoms with E-state index in [0.29, 0.717) is 12.1 Å². The zero-order valence-corrected chi connectivity index (χ0v) is 10.5. The van der Waals surface area contributed by atoms with Crippen LogP contribution < -0.4 is 5.73 Å². The fourth-order valence-corrected chi connectivity index (χ4v) is 2.84. The fraction of sp³-hybridized carbons (Fsp3) is 0.188. The van der Waals surface area contributed by atoms with E-state index in [1.54, 1.807) is 0 Å². The van der Waals surface area contributed by atoms with Gasteiger partial charge in [0.25, 0.3) is 0 Å². The van der Waals surface area contributed by atoms with Crippen LogP contribution in [0.4, 0.5) is 5.69 Å². The Morgan fingerprint density at radius 1 is 1.21 bits per heavy atom. The van der Waals surface area contributed by atoms with Gasteiger partial charge in [0.2, 0.25) is 0 Å². The lowest BCUT2D eigenvalue weighted by Crippen LogP contribution is -2.00. The summed E-state index contributed by atoms with van der Waals surface area (Å²) in [6.45, 7) is 0. The summed E-state index contributed by atoms with van der Waals surface area (Å²) in [5.74, 6) is -0.776. The average molecular weight is 253 g/mol. The lowest BCUT2D eigenvalue weighted by molar-refractivity contribution is -0.136. The Kier molecular flexibility index (Phi) is 2.75. The quantitative estimate of drug-likeness (QED) is 0.705. The predicted octanol–water partition coefficient (Wildman–Crippen LogP) is 2.86. The molecule has 3 nitrogen and oxygen atoms in total. The van der Waals surface area contributed by atoms with Gasteiger partial charge in [-0.3, -0.25) is 4.79 Å². The van der Waals surface area contributed by atoms with Crippen molar-refractivity contribution in [3.8, 4) is 11.1 Å². The highest BCUT2D eigenvalue weighted by Crippen LogP contribution is 2.40. The molecule has 0 bridgehead atoms. The number of anilines is 1. The van der Waals surface area contributed by atoms with E-state index in [4.69, 9.17) is 10.8 Å². The van der Waals surface area contributed by atoms with Crippen LogP contribution in [0.5, 0.6) is 0 Å². The summed E-state index contributed by atoms with van der Waals surface area (Å²) >= 11 is 0. The van der Waals surface area contributed by atoms with E-state index in [2.05, 4.69) is 12.1 Å². The van der Waals surface area contributed by atoms with Crippen molar-refractivity contribution >= 4 is 11.7 Å². The van der Waals surface area contributed by atoms with E-state index in [0.717, 1.165) is 12.0 Å². The van der Waals surface area contributed by atoms with Crippen molar-refractivity contribution in [1.29, 1.82) is 0 Å². The fourth-order valence-electron chi connectivity index (χ4n) is 2.84. The van der Waals surface area contributed by atoms with E-state index in [9.17, 15) is 4.79 Å². The van der Waals surface area contributed by atoms with Crippen molar-refractivity contribution in [2.24, 2.45) is 0 Å². The maximum atomic E-state index is 10.8. The second kappa shape index (κ2) is 4.43. The second-order valence-electron chi connectivity index (χ2n) is 4.94. The monoisotopic (exact) mass is 253 g/mol. The van der Waals surface area contributed by atoms with Crippen molar-refractivity contribution < 1.29 is 9.90 Å². The van der Waals surface area contributed by atoms with Crippen molar-refractivity contribution in [2.75, 3.05) is 5.73 Å². The van der Waals surface area contributed by atoms with Gasteiger partial charge in [0.15, 0.2) is 0 Å². The number of fused-ring (bicyclic) bond motifs is 3. The minimum atomic E-state index is -0.776. The van der Waals surface area contributed by atoms with E-state index in [-0.39, 0.29) is 6.42 Å². The average Bonchev–Trinajstić information content (AvgIpc) is 2.73. The standard InChI is InChI=1S/C16H15NO2/c17-13-8-11(5-6-15(18)19)16-12(9-13)7-10-3-1-2-4-14(10)16/h1-4,8-9H,5-7,17H2,(H,18,19). The molecule has 2 aromatic rings. The first-order valence-corrected chi connectivity index (χ1v) is 6.36. The minimum absolute atomic E-state index is 0.137. The molecule has 0 aliphatic heterocycles. The van der Waals surface area contributed by atoms with E-state index >= 15 is 0 Å². The molecule has 0 heterocycles. The molecule has 0 atom stereocenters. The van der Waals surface area contributed by atoms with Gasteiger partial charge in [-0.2, -0.15) is 0 Å². The zero-order chi connectivity index (χ0) is 13.4. The molecule has 0 spiro atoms. The van der Waals surface area contributed by atoms with Crippen molar-refractivity contribution in [3.05, 3.63) is 53.1 Å². The van der Waals surface area contributed by atoms with Crippen LogP contribution >= 0.6 is 0 Å². The summed E-state index contributed by atoms with van der Waals surface area (Å²) in [7, 11) is 0. The zero-order valence-electron chi connectivity index (χ0n) is 10.5. The number of rotatable bonds is 3. The molecule has 0 amide bonds. The van der Waals surface area contributed by atoms with Crippen LogP contribution in [0.2, 0.25) is 0 Å². The summed E-state index contributed by atoms with van der Waals surface area (Å²) < 4.78 is 0. The molecule has 19 heavy (non-hydrogen) atoms. The van der Waals surface area contributed by atoms with Gasteiger partial charge in [-0.05, 0) is 52.8 Å².